The van der Waals surface area contributed by atoms with Crippen LogP contribution >= 0.6 is 0 Å². The molecule has 0 aromatic heterocycles. The molecule has 2 atom stereocenters. The van der Waals surface area contributed by atoms with Crippen LogP contribution in [0.3, 0.4) is 0 Å². The van der Waals surface area contributed by atoms with Crippen molar-refractivity contribution in [2.75, 3.05) is 13.2 Å². The topological polar surface area (TPSA) is 66.8 Å². The van der Waals surface area contributed by atoms with Gasteiger partial charge in [0.1, 0.15) is 0 Å². The molecule has 1 rings (SSSR count). The highest BCUT2D eigenvalue weighted by atomic mass is 16.5. The Hall–Kier alpha value is -0.610. The molecule has 0 aromatic rings. The molecule has 4 nitrogen and oxygen atoms in total. The van der Waals surface area contributed by atoms with Crippen molar-refractivity contribution in [2.45, 2.75) is 70.3 Å². The first-order valence-corrected chi connectivity index (χ1v) is 7.71. The second kappa shape index (κ2) is 10.2. The van der Waals surface area contributed by atoms with Gasteiger partial charge in [-0.15, -0.1) is 0 Å². The molecule has 2 N–H and O–H groups in total. The number of cyclic esters (lactones) is 1. The first kappa shape index (κ1) is 16.4. The van der Waals surface area contributed by atoms with Gasteiger partial charge in [-0.2, -0.15) is 0 Å². The smallest absolute Gasteiger partial charge is 0.311 e. The summed E-state index contributed by atoms with van der Waals surface area (Å²) in [5, 5.41) is 18.8. The summed E-state index contributed by atoms with van der Waals surface area (Å²) in [6, 6.07) is 0. The molecule has 1 fully saturated rings. The van der Waals surface area contributed by atoms with Crippen LogP contribution < -0.4 is 0 Å². The van der Waals surface area contributed by atoms with Gasteiger partial charge in [-0.3, -0.25) is 4.79 Å². The highest BCUT2D eigenvalue weighted by Crippen LogP contribution is 2.20. The van der Waals surface area contributed by atoms with Crippen molar-refractivity contribution in [3.8, 4) is 0 Å². The Morgan fingerprint density at radius 2 is 1.63 bits per heavy atom. The summed E-state index contributed by atoms with van der Waals surface area (Å²) in [5.74, 6) is -0.756. The van der Waals surface area contributed by atoms with Crippen LogP contribution in [0.5, 0.6) is 0 Å². The molecule has 4 heteroatoms. The number of aliphatic hydroxyl groups excluding tert-OH is 2. The number of hydrogen-bond acceptors (Lipinski definition) is 4. The second-order valence-corrected chi connectivity index (χ2v) is 5.47. The SMILES string of the molecule is O=C1OCCCCCCCCCCC1C(O)CCO. The maximum Gasteiger partial charge on any atom is 0.311 e. The number of carbonyl (C=O) groups excluding carboxylic acids is 1. The van der Waals surface area contributed by atoms with Crippen LogP contribution in [-0.4, -0.2) is 35.5 Å². The molecule has 0 amide bonds. The Bertz CT molecular complexity index is 242. The zero-order valence-corrected chi connectivity index (χ0v) is 11.9. The molecule has 1 aliphatic heterocycles. The van der Waals surface area contributed by atoms with Crippen molar-refractivity contribution < 1.29 is 19.7 Å². The Morgan fingerprint density at radius 1 is 1.05 bits per heavy atom. The summed E-state index contributed by atoms with van der Waals surface area (Å²) in [4.78, 5) is 12.0. The van der Waals surface area contributed by atoms with Crippen LogP contribution in [0.2, 0.25) is 0 Å². The number of ether oxygens (including phenoxy) is 1. The molecule has 0 spiro atoms. The number of aliphatic hydroxyl groups is 2. The molecule has 0 bridgehead atoms. The highest BCUT2D eigenvalue weighted by molar-refractivity contribution is 5.73. The fourth-order valence-electron chi connectivity index (χ4n) is 2.61. The van der Waals surface area contributed by atoms with Gasteiger partial charge in [-0.1, -0.05) is 44.9 Å². The summed E-state index contributed by atoms with van der Waals surface area (Å²) in [6.07, 6.45) is 9.17. The van der Waals surface area contributed by atoms with Crippen molar-refractivity contribution >= 4 is 5.97 Å². The van der Waals surface area contributed by atoms with E-state index in [-0.39, 0.29) is 19.0 Å². The van der Waals surface area contributed by atoms with Crippen molar-refractivity contribution in [1.29, 1.82) is 0 Å². The lowest BCUT2D eigenvalue weighted by Crippen LogP contribution is -2.31. The molecule has 19 heavy (non-hydrogen) atoms. The first-order valence-electron chi connectivity index (χ1n) is 7.71. The van der Waals surface area contributed by atoms with E-state index in [1.54, 1.807) is 0 Å². The van der Waals surface area contributed by atoms with Crippen molar-refractivity contribution in [3.63, 3.8) is 0 Å². The van der Waals surface area contributed by atoms with E-state index >= 15 is 0 Å². The molecular formula is C15H28O4. The van der Waals surface area contributed by atoms with E-state index in [4.69, 9.17) is 9.84 Å². The van der Waals surface area contributed by atoms with E-state index in [0.29, 0.717) is 13.0 Å². The molecule has 1 aliphatic rings. The maximum absolute atomic E-state index is 12.0. The van der Waals surface area contributed by atoms with Crippen LogP contribution in [-0.2, 0) is 9.53 Å². The van der Waals surface area contributed by atoms with Crippen LogP contribution in [0.1, 0.15) is 64.2 Å². The Morgan fingerprint density at radius 3 is 2.26 bits per heavy atom. The van der Waals surface area contributed by atoms with E-state index < -0.39 is 12.0 Å². The quantitative estimate of drug-likeness (QED) is 0.774. The van der Waals surface area contributed by atoms with Crippen LogP contribution in [0, 0.1) is 5.92 Å². The van der Waals surface area contributed by atoms with Crippen LogP contribution in [0.25, 0.3) is 0 Å². The second-order valence-electron chi connectivity index (χ2n) is 5.47. The van der Waals surface area contributed by atoms with Gasteiger partial charge in [0, 0.05) is 6.61 Å². The Balaban J connectivity index is 2.49. The van der Waals surface area contributed by atoms with Gasteiger partial charge in [0.15, 0.2) is 0 Å². The van der Waals surface area contributed by atoms with E-state index in [9.17, 15) is 9.90 Å². The average molecular weight is 272 g/mol. The summed E-state index contributed by atoms with van der Waals surface area (Å²) in [7, 11) is 0. The Labute approximate surface area is 116 Å². The average Bonchev–Trinajstić information content (AvgIpc) is 2.41. The fourth-order valence-corrected chi connectivity index (χ4v) is 2.61. The van der Waals surface area contributed by atoms with E-state index in [1.807, 2.05) is 0 Å². The lowest BCUT2D eigenvalue weighted by molar-refractivity contribution is -0.153. The van der Waals surface area contributed by atoms with Gasteiger partial charge in [0.25, 0.3) is 0 Å². The van der Waals surface area contributed by atoms with Gasteiger partial charge in [0.2, 0.25) is 0 Å². The van der Waals surface area contributed by atoms with Gasteiger partial charge >= 0.3 is 5.97 Å². The van der Waals surface area contributed by atoms with Crippen molar-refractivity contribution in [2.24, 2.45) is 5.92 Å². The third kappa shape index (κ3) is 6.92. The third-order valence-corrected chi connectivity index (χ3v) is 3.85. The predicted molar refractivity (Wildman–Crippen MR) is 73.7 cm³/mol. The lowest BCUT2D eigenvalue weighted by atomic mass is 9.93. The number of esters is 1. The lowest BCUT2D eigenvalue weighted by Gasteiger charge is -2.21. The van der Waals surface area contributed by atoms with Gasteiger partial charge in [-0.25, -0.2) is 0 Å². The summed E-state index contributed by atoms with van der Waals surface area (Å²) in [5.41, 5.74) is 0. The van der Waals surface area contributed by atoms with Gasteiger partial charge in [0.05, 0.1) is 18.6 Å². The van der Waals surface area contributed by atoms with E-state index in [1.165, 1.54) is 25.7 Å². The Kier molecular flexibility index (Phi) is 8.84. The summed E-state index contributed by atoms with van der Waals surface area (Å²) in [6.45, 7) is 0.367. The van der Waals surface area contributed by atoms with Gasteiger partial charge < -0.3 is 14.9 Å². The van der Waals surface area contributed by atoms with Crippen LogP contribution in [0.4, 0.5) is 0 Å². The zero-order valence-electron chi connectivity index (χ0n) is 11.9. The van der Waals surface area contributed by atoms with E-state index in [0.717, 1.165) is 25.7 Å². The third-order valence-electron chi connectivity index (χ3n) is 3.85. The molecule has 0 radical (unpaired) electrons. The molecule has 112 valence electrons. The standard InChI is InChI=1S/C15H28O4/c16-11-10-14(17)13-9-7-5-3-1-2-4-6-8-12-19-15(13)18/h13-14,16-17H,1-12H2. The zero-order chi connectivity index (χ0) is 13.9. The molecule has 0 aliphatic carbocycles. The monoisotopic (exact) mass is 272 g/mol. The minimum absolute atomic E-state index is 0.0923. The molecule has 1 heterocycles. The first-order chi connectivity index (χ1) is 9.25. The normalized spacial score (nSPS) is 25.6. The molecule has 1 saturated heterocycles. The number of hydrogen-bond donors (Lipinski definition) is 2. The molecule has 0 saturated carbocycles. The summed E-state index contributed by atoms with van der Waals surface area (Å²) < 4.78 is 5.26. The largest absolute Gasteiger partial charge is 0.465 e. The van der Waals surface area contributed by atoms with E-state index in [2.05, 4.69) is 0 Å². The predicted octanol–water partition coefficient (Wildman–Crippen LogP) is 2.41. The van der Waals surface area contributed by atoms with Gasteiger partial charge in [-0.05, 0) is 19.3 Å². The summed E-state index contributed by atoms with van der Waals surface area (Å²) >= 11 is 0. The number of carbonyl (C=O) groups is 1. The molecule has 0 aromatic carbocycles. The minimum Gasteiger partial charge on any atom is -0.465 e. The van der Waals surface area contributed by atoms with Crippen LogP contribution in [0.15, 0.2) is 0 Å². The highest BCUT2D eigenvalue weighted by Gasteiger charge is 2.27. The van der Waals surface area contributed by atoms with Crippen molar-refractivity contribution in [1.82, 2.24) is 0 Å². The minimum atomic E-state index is -0.775. The number of rotatable bonds is 3. The van der Waals surface area contributed by atoms with Crippen molar-refractivity contribution in [3.05, 3.63) is 0 Å². The molecular weight excluding hydrogens is 244 g/mol. The maximum atomic E-state index is 12.0. The molecule has 2 unspecified atom stereocenters. The fraction of sp³-hybridized carbons (Fsp3) is 0.933.